The summed E-state index contributed by atoms with van der Waals surface area (Å²) in [4.78, 5) is 30.1. The topological polar surface area (TPSA) is 102 Å². The summed E-state index contributed by atoms with van der Waals surface area (Å²) in [7, 11) is 0. The first-order valence-electron chi connectivity index (χ1n) is 9.88. The molecule has 0 saturated heterocycles. The number of aromatic hydroxyl groups is 1. The summed E-state index contributed by atoms with van der Waals surface area (Å²) in [5.41, 5.74) is 2.14. The van der Waals surface area contributed by atoms with Gasteiger partial charge in [0.05, 0.1) is 29.0 Å². The molecule has 0 radical (unpaired) electrons. The number of hydrogen-bond acceptors (Lipinski definition) is 6. The molecule has 0 unspecified atom stereocenters. The molecule has 1 aliphatic carbocycles. The van der Waals surface area contributed by atoms with Crippen molar-refractivity contribution in [1.29, 1.82) is 0 Å². The number of hydrogen-bond donors (Lipinski definition) is 2. The van der Waals surface area contributed by atoms with E-state index in [1.54, 1.807) is 17.6 Å². The van der Waals surface area contributed by atoms with Gasteiger partial charge in [-0.05, 0) is 30.9 Å². The number of phenolic OH excluding ortho intramolecular Hbond substituents is 1. The molecule has 2 aliphatic heterocycles. The predicted octanol–water partition coefficient (Wildman–Crippen LogP) is 2.02. The summed E-state index contributed by atoms with van der Waals surface area (Å²) < 4.78 is 20.9. The van der Waals surface area contributed by atoms with Crippen molar-refractivity contribution in [3.8, 4) is 17.1 Å². The number of nitrogens with zero attached hydrogens (tertiary/aromatic N) is 2. The van der Waals surface area contributed by atoms with Crippen LogP contribution >= 0.6 is 0 Å². The number of halogens is 1. The maximum Gasteiger partial charge on any atom is 0.343 e. The van der Waals surface area contributed by atoms with E-state index in [1.807, 2.05) is 0 Å². The van der Waals surface area contributed by atoms with Crippen LogP contribution in [0.4, 0.5) is 4.39 Å². The molecule has 1 aromatic carbocycles. The van der Waals surface area contributed by atoms with Crippen molar-refractivity contribution < 1.29 is 24.1 Å². The van der Waals surface area contributed by atoms with Crippen molar-refractivity contribution in [3.63, 3.8) is 0 Å². The van der Waals surface area contributed by atoms with Gasteiger partial charge in [0.1, 0.15) is 6.61 Å². The summed E-state index contributed by atoms with van der Waals surface area (Å²) in [5, 5.41) is 21.8. The van der Waals surface area contributed by atoms with Crippen LogP contribution in [-0.4, -0.2) is 25.7 Å². The molecule has 0 spiro atoms. The third-order valence-electron chi connectivity index (χ3n) is 6.74. The number of pyridine rings is 2. The lowest BCUT2D eigenvalue weighted by molar-refractivity contribution is -0.172. The summed E-state index contributed by atoms with van der Waals surface area (Å²) in [6.07, 6.45) is 1.20. The largest absolute Gasteiger partial charge is 0.505 e. The summed E-state index contributed by atoms with van der Waals surface area (Å²) in [6, 6.07) is 2.85. The van der Waals surface area contributed by atoms with Gasteiger partial charge in [0.15, 0.2) is 17.2 Å². The predicted molar refractivity (Wildman–Crippen MR) is 104 cm³/mol. The highest BCUT2D eigenvalue weighted by Gasteiger charge is 2.45. The summed E-state index contributed by atoms with van der Waals surface area (Å²) >= 11 is 0. The van der Waals surface area contributed by atoms with Crippen LogP contribution in [0.1, 0.15) is 41.2 Å². The van der Waals surface area contributed by atoms with Crippen LogP contribution in [-0.2, 0) is 41.1 Å². The Kier molecular flexibility index (Phi) is 3.20. The number of aryl methyl sites for hydroxylation is 2. The van der Waals surface area contributed by atoms with E-state index < -0.39 is 17.4 Å². The van der Waals surface area contributed by atoms with E-state index >= 15 is 0 Å². The van der Waals surface area contributed by atoms with Gasteiger partial charge >= 0.3 is 5.97 Å². The molecule has 30 heavy (non-hydrogen) atoms. The van der Waals surface area contributed by atoms with E-state index in [9.17, 15) is 24.2 Å². The minimum absolute atomic E-state index is 0.0683. The third-order valence-corrected chi connectivity index (χ3v) is 6.74. The summed E-state index contributed by atoms with van der Waals surface area (Å²) in [5.74, 6) is -1.83. The maximum atomic E-state index is 14.2. The number of ether oxygens (including phenoxy) is 1. The first kappa shape index (κ1) is 17.6. The van der Waals surface area contributed by atoms with Crippen molar-refractivity contribution in [2.45, 2.75) is 44.9 Å². The molecule has 7 nitrogen and oxygen atoms in total. The molecule has 8 heteroatoms. The first-order chi connectivity index (χ1) is 14.3. The molecular weight excluding hydrogens is 391 g/mol. The normalized spacial score (nSPS) is 20.8. The van der Waals surface area contributed by atoms with E-state index in [0.29, 0.717) is 41.9 Å². The lowest BCUT2D eigenvalue weighted by Gasteiger charge is -2.31. The van der Waals surface area contributed by atoms with E-state index in [0.717, 1.165) is 16.5 Å². The van der Waals surface area contributed by atoms with E-state index in [1.165, 1.54) is 6.07 Å². The zero-order valence-corrected chi connectivity index (χ0v) is 16.1. The van der Waals surface area contributed by atoms with Gasteiger partial charge in [0.2, 0.25) is 0 Å². The number of phenols is 1. The van der Waals surface area contributed by atoms with Crippen molar-refractivity contribution in [2.75, 3.05) is 0 Å². The molecule has 1 atom stereocenters. The van der Waals surface area contributed by atoms with Crippen LogP contribution in [0.3, 0.4) is 0 Å². The van der Waals surface area contributed by atoms with Gasteiger partial charge in [-0.3, -0.25) is 4.79 Å². The smallest absolute Gasteiger partial charge is 0.343 e. The molecule has 3 aromatic rings. The maximum absolute atomic E-state index is 14.2. The number of carbonyl (C=O) groups excluding carboxylic acids is 1. The average molecular weight is 408 g/mol. The molecule has 0 bridgehead atoms. The Morgan fingerprint density at radius 3 is 2.73 bits per heavy atom. The number of benzene rings is 1. The third kappa shape index (κ3) is 1.90. The Hall–Kier alpha value is -3.26. The number of carbonyl (C=O) groups is 1. The fourth-order valence-electron chi connectivity index (χ4n) is 5.15. The van der Waals surface area contributed by atoms with Crippen molar-refractivity contribution >= 4 is 16.9 Å². The zero-order valence-electron chi connectivity index (χ0n) is 16.1. The molecule has 3 aliphatic rings. The van der Waals surface area contributed by atoms with Gasteiger partial charge in [0, 0.05) is 28.1 Å². The molecule has 0 saturated carbocycles. The fraction of sp³-hybridized carbons (Fsp3) is 0.318. The number of rotatable bonds is 1. The van der Waals surface area contributed by atoms with Crippen molar-refractivity contribution in [3.05, 3.63) is 56.1 Å². The van der Waals surface area contributed by atoms with Gasteiger partial charge in [-0.25, -0.2) is 14.2 Å². The molecular formula is C22H17FN2O5. The molecule has 4 heterocycles. The molecule has 2 aromatic heterocycles. The Morgan fingerprint density at radius 2 is 1.97 bits per heavy atom. The molecule has 0 amide bonds. The number of fused-ring (bicyclic) bond motifs is 5. The fourth-order valence-corrected chi connectivity index (χ4v) is 5.15. The second-order valence-electron chi connectivity index (χ2n) is 8.10. The second-order valence-corrected chi connectivity index (χ2v) is 8.10. The van der Waals surface area contributed by atoms with Gasteiger partial charge in [-0.1, -0.05) is 6.92 Å². The van der Waals surface area contributed by atoms with Crippen LogP contribution in [0.2, 0.25) is 0 Å². The molecule has 2 N–H and O–H groups in total. The van der Waals surface area contributed by atoms with Gasteiger partial charge in [-0.2, -0.15) is 0 Å². The SMILES string of the molecule is CC[C@@]1(O)C(=O)OCc2c1cc1n(c2=O)Cc2c-1nc1cc(F)c(O)c3c1c2CC3. The average Bonchev–Trinajstić information content (AvgIpc) is 3.33. The first-order valence-corrected chi connectivity index (χ1v) is 9.88. The van der Waals surface area contributed by atoms with Gasteiger partial charge in [-0.15, -0.1) is 0 Å². The van der Waals surface area contributed by atoms with Crippen LogP contribution in [0, 0.1) is 5.82 Å². The number of cyclic esters (lactones) is 1. The lowest BCUT2D eigenvalue weighted by atomic mass is 9.86. The van der Waals surface area contributed by atoms with E-state index in [2.05, 4.69) is 4.98 Å². The number of aromatic nitrogens is 2. The Labute approximate surface area is 169 Å². The standard InChI is InChI=1S/C22H17FN2O5/c1-2-22(29)13-5-16-18-11(7-25(16)20(27)12(13)8-30-21(22)28)9-3-4-10-17(9)15(24-18)6-14(23)19(10)26/h5-6,26,29H,2-4,7-8H2,1H3/t22-/m0/s1. The number of esters is 1. The highest BCUT2D eigenvalue weighted by molar-refractivity contribution is 5.94. The highest BCUT2D eigenvalue weighted by Crippen LogP contribution is 2.45. The van der Waals surface area contributed by atoms with Crippen LogP contribution in [0.15, 0.2) is 16.9 Å². The molecule has 152 valence electrons. The molecule has 6 rings (SSSR count). The van der Waals surface area contributed by atoms with Gasteiger partial charge < -0.3 is 19.5 Å². The van der Waals surface area contributed by atoms with E-state index in [4.69, 9.17) is 4.74 Å². The van der Waals surface area contributed by atoms with Crippen molar-refractivity contribution in [1.82, 2.24) is 9.55 Å². The minimum atomic E-state index is -1.89. The van der Waals surface area contributed by atoms with Crippen molar-refractivity contribution in [2.24, 2.45) is 0 Å². The second kappa shape index (κ2) is 5.46. The van der Waals surface area contributed by atoms with E-state index in [-0.39, 0.29) is 35.5 Å². The van der Waals surface area contributed by atoms with Crippen LogP contribution < -0.4 is 5.56 Å². The lowest BCUT2D eigenvalue weighted by Crippen LogP contribution is -2.44. The Bertz CT molecular complexity index is 1390. The Morgan fingerprint density at radius 1 is 1.20 bits per heavy atom. The number of aliphatic hydroxyl groups is 1. The summed E-state index contributed by atoms with van der Waals surface area (Å²) in [6.45, 7) is 1.76. The minimum Gasteiger partial charge on any atom is -0.505 e. The van der Waals surface area contributed by atoms with Crippen LogP contribution in [0.25, 0.3) is 22.3 Å². The quantitative estimate of drug-likeness (QED) is 0.468. The van der Waals surface area contributed by atoms with Crippen LogP contribution in [0.5, 0.6) is 5.75 Å². The highest BCUT2D eigenvalue weighted by atomic mass is 19.1. The van der Waals surface area contributed by atoms with Gasteiger partial charge in [0.25, 0.3) is 5.56 Å². The molecule has 0 fully saturated rings. The Balaban J connectivity index is 1.68. The zero-order chi connectivity index (χ0) is 20.9. The monoisotopic (exact) mass is 408 g/mol.